The summed E-state index contributed by atoms with van der Waals surface area (Å²) >= 11 is 7.07. The molecule has 0 spiro atoms. The van der Waals surface area contributed by atoms with E-state index < -0.39 is 0 Å². The van der Waals surface area contributed by atoms with Gasteiger partial charge in [-0.15, -0.1) is 11.3 Å². The molecule has 1 atom stereocenters. The Bertz CT molecular complexity index is 624. The SMILES string of the molecule is CCOC(=O)c1c(NC(=S)NCC2CCCO2)sc2c1CCCCC2. The second-order valence-corrected chi connectivity index (χ2v) is 7.97. The van der Waals surface area contributed by atoms with Crippen molar-refractivity contribution in [2.24, 2.45) is 0 Å². The summed E-state index contributed by atoms with van der Waals surface area (Å²) in [5.41, 5.74) is 1.84. The highest BCUT2D eigenvalue weighted by molar-refractivity contribution is 7.80. The van der Waals surface area contributed by atoms with Gasteiger partial charge in [-0.25, -0.2) is 4.79 Å². The second-order valence-electron chi connectivity index (χ2n) is 6.46. The van der Waals surface area contributed by atoms with Gasteiger partial charge in [-0.3, -0.25) is 0 Å². The Morgan fingerprint density at radius 3 is 2.92 bits per heavy atom. The molecule has 2 N–H and O–H groups in total. The highest BCUT2D eigenvalue weighted by Crippen LogP contribution is 2.38. The van der Waals surface area contributed by atoms with Crippen LogP contribution in [0.2, 0.25) is 0 Å². The lowest BCUT2D eigenvalue weighted by atomic mass is 10.1. The Hall–Kier alpha value is -1.18. The van der Waals surface area contributed by atoms with Crippen LogP contribution < -0.4 is 10.6 Å². The lowest BCUT2D eigenvalue weighted by molar-refractivity contribution is 0.0527. The number of rotatable bonds is 5. The number of hydrogen-bond acceptors (Lipinski definition) is 5. The van der Waals surface area contributed by atoms with Gasteiger partial charge in [0.15, 0.2) is 5.11 Å². The molecule has 2 aliphatic rings. The molecule has 1 aromatic rings. The van der Waals surface area contributed by atoms with Crippen LogP contribution in [0.5, 0.6) is 0 Å². The summed E-state index contributed by atoms with van der Waals surface area (Å²) in [6.45, 7) is 3.75. The van der Waals surface area contributed by atoms with Crippen LogP contribution in [0.15, 0.2) is 0 Å². The predicted molar refractivity (Wildman–Crippen MR) is 105 cm³/mol. The van der Waals surface area contributed by atoms with Crippen molar-refractivity contribution < 1.29 is 14.3 Å². The summed E-state index contributed by atoms with van der Waals surface area (Å²) in [4.78, 5) is 13.8. The van der Waals surface area contributed by atoms with Crippen LogP contribution in [0, 0.1) is 0 Å². The van der Waals surface area contributed by atoms with Gasteiger partial charge in [0, 0.05) is 18.0 Å². The molecule has 0 saturated carbocycles. The maximum Gasteiger partial charge on any atom is 0.341 e. The largest absolute Gasteiger partial charge is 0.462 e. The van der Waals surface area contributed by atoms with E-state index in [2.05, 4.69) is 10.6 Å². The van der Waals surface area contributed by atoms with Crippen LogP contribution in [0.4, 0.5) is 5.00 Å². The minimum Gasteiger partial charge on any atom is -0.462 e. The number of carbonyl (C=O) groups is 1. The van der Waals surface area contributed by atoms with Gasteiger partial charge in [-0.2, -0.15) is 0 Å². The summed E-state index contributed by atoms with van der Waals surface area (Å²) in [5, 5.41) is 7.80. The van der Waals surface area contributed by atoms with Crippen molar-refractivity contribution in [1.82, 2.24) is 5.32 Å². The van der Waals surface area contributed by atoms with Gasteiger partial charge in [0.1, 0.15) is 5.00 Å². The Labute approximate surface area is 158 Å². The van der Waals surface area contributed by atoms with E-state index >= 15 is 0 Å². The minimum atomic E-state index is -0.244. The number of anilines is 1. The summed E-state index contributed by atoms with van der Waals surface area (Å²) in [7, 11) is 0. The Kier molecular flexibility index (Phi) is 6.67. The number of thiocarbonyl (C=S) groups is 1. The molecule has 1 aliphatic heterocycles. The molecule has 25 heavy (non-hydrogen) atoms. The normalized spacial score (nSPS) is 19.8. The number of thiophene rings is 1. The van der Waals surface area contributed by atoms with Gasteiger partial charge >= 0.3 is 5.97 Å². The standard InChI is InChI=1S/C18H26N2O3S2/c1-2-22-17(21)15-13-8-4-3-5-9-14(13)25-16(15)20-18(24)19-11-12-7-6-10-23-12/h12H,2-11H2,1H3,(H2,19,20,24). The molecular weight excluding hydrogens is 356 g/mol. The molecule has 2 heterocycles. The molecule has 0 radical (unpaired) electrons. The highest BCUT2D eigenvalue weighted by atomic mass is 32.1. The fourth-order valence-electron chi connectivity index (χ4n) is 3.41. The number of fused-ring (bicyclic) bond motifs is 1. The van der Waals surface area contributed by atoms with E-state index in [1.54, 1.807) is 11.3 Å². The van der Waals surface area contributed by atoms with E-state index in [4.69, 9.17) is 21.7 Å². The van der Waals surface area contributed by atoms with E-state index in [1.165, 1.54) is 17.7 Å². The molecule has 7 heteroatoms. The molecule has 1 fully saturated rings. The molecule has 0 aromatic carbocycles. The van der Waals surface area contributed by atoms with Gasteiger partial charge in [0.25, 0.3) is 0 Å². The van der Waals surface area contributed by atoms with E-state index in [1.807, 2.05) is 6.92 Å². The molecule has 3 rings (SSSR count). The van der Waals surface area contributed by atoms with Crippen LogP contribution in [-0.4, -0.2) is 36.9 Å². The van der Waals surface area contributed by atoms with E-state index in [-0.39, 0.29) is 12.1 Å². The average molecular weight is 383 g/mol. The van der Waals surface area contributed by atoms with Gasteiger partial charge in [0.2, 0.25) is 0 Å². The molecule has 1 aromatic heterocycles. The molecule has 0 bridgehead atoms. The average Bonchev–Trinajstić information content (AvgIpc) is 3.16. The van der Waals surface area contributed by atoms with Crippen LogP contribution in [0.25, 0.3) is 0 Å². The van der Waals surface area contributed by atoms with Crippen molar-refractivity contribution in [3.8, 4) is 0 Å². The zero-order valence-electron chi connectivity index (χ0n) is 14.7. The summed E-state index contributed by atoms with van der Waals surface area (Å²) in [5.74, 6) is -0.244. The third kappa shape index (κ3) is 4.71. The first kappa shape index (κ1) is 18.6. The Morgan fingerprint density at radius 1 is 1.32 bits per heavy atom. The van der Waals surface area contributed by atoms with Gasteiger partial charge < -0.3 is 20.1 Å². The quantitative estimate of drug-likeness (QED) is 0.460. The number of esters is 1. The second kappa shape index (κ2) is 8.96. The minimum absolute atomic E-state index is 0.226. The lowest BCUT2D eigenvalue weighted by Gasteiger charge is -2.14. The maximum absolute atomic E-state index is 12.5. The Balaban J connectivity index is 1.72. The van der Waals surface area contributed by atoms with Crippen LogP contribution in [-0.2, 0) is 22.3 Å². The lowest BCUT2D eigenvalue weighted by Crippen LogP contribution is -2.35. The number of nitrogens with one attached hydrogen (secondary N) is 2. The van der Waals surface area contributed by atoms with Gasteiger partial charge in [0.05, 0.1) is 18.3 Å². The molecular formula is C18H26N2O3S2. The van der Waals surface area contributed by atoms with Crippen molar-refractivity contribution >= 4 is 39.6 Å². The summed E-state index contributed by atoms with van der Waals surface area (Å²) < 4.78 is 10.9. The molecule has 0 amide bonds. The maximum atomic E-state index is 12.5. The monoisotopic (exact) mass is 382 g/mol. The zero-order valence-corrected chi connectivity index (χ0v) is 16.3. The number of ether oxygens (including phenoxy) is 2. The van der Waals surface area contributed by atoms with Crippen LogP contribution in [0.1, 0.15) is 59.8 Å². The predicted octanol–water partition coefficient (Wildman–Crippen LogP) is 3.66. The summed E-state index contributed by atoms with van der Waals surface area (Å²) in [6, 6.07) is 0. The van der Waals surface area contributed by atoms with Gasteiger partial charge in [-0.05, 0) is 63.2 Å². The number of hydrogen-bond donors (Lipinski definition) is 2. The first-order chi connectivity index (χ1) is 12.2. The van der Waals surface area contributed by atoms with Gasteiger partial charge in [-0.1, -0.05) is 6.42 Å². The molecule has 5 nitrogen and oxygen atoms in total. The zero-order chi connectivity index (χ0) is 17.6. The topological polar surface area (TPSA) is 59.6 Å². The van der Waals surface area contributed by atoms with Crippen molar-refractivity contribution in [1.29, 1.82) is 0 Å². The first-order valence-corrected chi connectivity index (χ1v) is 10.4. The van der Waals surface area contributed by atoms with E-state index in [0.717, 1.165) is 49.3 Å². The van der Waals surface area contributed by atoms with Crippen LogP contribution >= 0.6 is 23.6 Å². The van der Waals surface area contributed by atoms with Crippen molar-refractivity contribution in [2.45, 2.75) is 58.0 Å². The van der Waals surface area contributed by atoms with Crippen LogP contribution in [0.3, 0.4) is 0 Å². The number of carbonyl (C=O) groups excluding carboxylic acids is 1. The molecule has 138 valence electrons. The van der Waals surface area contributed by atoms with Crippen molar-refractivity contribution in [3.63, 3.8) is 0 Å². The summed E-state index contributed by atoms with van der Waals surface area (Å²) in [6.07, 6.45) is 7.89. The third-order valence-electron chi connectivity index (χ3n) is 4.64. The fraction of sp³-hybridized carbons (Fsp3) is 0.667. The highest BCUT2D eigenvalue weighted by Gasteiger charge is 2.26. The first-order valence-electron chi connectivity index (χ1n) is 9.17. The van der Waals surface area contributed by atoms with E-state index in [0.29, 0.717) is 23.8 Å². The van der Waals surface area contributed by atoms with E-state index in [9.17, 15) is 4.79 Å². The molecule has 1 unspecified atom stereocenters. The third-order valence-corrected chi connectivity index (χ3v) is 6.10. The fourth-order valence-corrected chi connectivity index (χ4v) is 4.94. The smallest absolute Gasteiger partial charge is 0.341 e. The van der Waals surface area contributed by atoms with Crippen molar-refractivity contribution in [2.75, 3.05) is 25.1 Å². The Morgan fingerprint density at radius 2 is 2.16 bits per heavy atom. The number of aryl methyl sites for hydroxylation is 1. The molecule has 1 saturated heterocycles. The van der Waals surface area contributed by atoms with Crippen molar-refractivity contribution in [3.05, 3.63) is 16.0 Å². The molecule has 1 aliphatic carbocycles.